The Hall–Kier alpha value is -0.790. The van der Waals surface area contributed by atoms with Gasteiger partial charge in [0.2, 0.25) is 0 Å². The Morgan fingerprint density at radius 1 is 1.07 bits per heavy atom. The van der Waals surface area contributed by atoms with Crippen LogP contribution in [0, 0.1) is 0 Å². The van der Waals surface area contributed by atoms with Gasteiger partial charge in [0.05, 0.1) is 5.69 Å². The van der Waals surface area contributed by atoms with Crippen molar-refractivity contribution in [1.29, 1.82) is 0 Å². The smallest absolute Gasteiger partial charge is 0.194 e. The van der Waals surface area contributed by atoms with Gasteiger partial charge in [-0.05, 0) is 19.3 Å². The van der Waals surface area contributed by atoms with Crippen LogP contribution in [0.3, 0.4) is 0 Å². The van der Waals surface area contributed by atoms with E-state index in [-0.39, 0.29) is 0 Å². The molecule has 1 aromatic heterocycles. The van der Waals surface area contributed by atoms with Crippen molar-refractivity contribution in [2.45, 2.75) is 58.8 Å². The van der Waals surface area contributed by atoms with Crippen LogP contribution in [0.1, 0.15) is 57.5 Å². The number of unbranched alkanes of at least 4 members (excludes halogenated alkanes) is 3. The standard InChI is InChI=1S/C12H21NO/c1-3-5-7-8-11-10-14-12(13-11)9-6-4-2/h10H,3-9H2,1-2H3. The Morgan fingerprint density at radius 3 is 2.57 bits per heavy atom. The fourth-order valence-corrected chi connectivity index (χ4v) is 1.46. The van der Waals surface area contributed by atoms with Crippen LogP contribution in [-0.4, -0.2) is 4.98 Å². The zero-order valence-electron chi connectivity index (χ0n) is 9.38. The number of aromatic nitrogens is 1. The van der Waals surface area contributed by atoms with Crippen molar-refractivity contribution in [3.05, 3.63) is 17.8 Å². The molecule has 80 valence electrons. The van der Waals surface area contributed by atoms with Crippen LogP contribution < -0.4 is 0 Å². The number of hydrogen-bond donors (Lipinski definition) is 0. The lowest BCUT2D eigenvalue weighted by Gasteiger charge is -1.93. The van der Waals surface area contributed by atoms with Crippen molar-refractivity contribution < 1.29 is 4.42 Å². The molecule has 0 aromatic carbocycles. The molecule has 0 atom stereocenters. The van der Waals surface area contributed by atoms with Gasteiger partial charge in [-0.3, -0.25) is 0 Å². The Morgan fingerprint density at radius 2 is 1.86 bits per heavy atom. The second kappa shape index (κ2) is 6.63. The molecule has 0 radical (unpaired) electrons. The first-order valence-electron chi connectivity index (χ1n) is 5.80. The molecule has 0 saturated carbocycles. The molecule has 0 unspecified atom stereocenters. The van der Waals surface area contributed by atoms with Crippen LogP contribution in [0.15, 0.2) is 10.7 Å². The molecule has 0 aliphatic heterocycles. The maximum atomic E-state index is 5.39. The Bertz CT molecular complexity index is 242. The number of rotatable bonds is 7. The molecule has 0 fully saturated rings. The van der Waals surface area contributed by atoms with Gasteiger partial charge >= 0.3 is 0 Å². The van der Waals surface area contributed by atoms with Crippen LogP contribution in [0.2, 0.25) is 0 Å². The van der Waals surface area contributed by atoms with E-state index >= 15 is 0 Å². The lowest BCUT2D eigenvalue weighted by molar-refractivity contribution is 0.485. The van der Waals surface area contributed by atoms with Gasteiger partial charge in [0.1, 0.15) is 6.26 Å². The molecule has 0 bridgehead atoms. The van der Waals surface area contributed by atoms with Crippen LogP contribution >= 0.6 is 0 Å². The van der Waals surface area contributed by atoms with Crippen molar-refractivity contribution >= 4 is 0 Å². The lowest BCUT2D eigenvalue weighted by Crippen LogP contribution is -1.88. The third-order valence-corrected chi connectivity index (χ3v) is 2.38. The number of oxazole rings is 1. The van der Waals surface area contributed by atoms with Gasteiger partial charge in [-0.15, -0.1) is 0 Å². The predicted molar refractivity (Wildman–Crippen MR) is 58.3 cm³/mol. The maximum absolute atomic E-state index is 5.39. The van der Waals surface area contributed by atoms with Gasteiger partial charge in [0, 0.05) is 6.42 Å². The fourth-order valence-electron chi connectivity index (χ4n) is 1.46. The summed E-state index contributed by atoms with van der Waals surface area (Å²) in [5.74, 6) is 0.915. The van der Waals surface area contributed by atoms with E-state index in [2.05, 4.69) is 18.8 Å². The second-order valence-electron chi connectivity index (χ2n) is 3.79. The molecule has 0 saturated heterocycles. The number of aryl methyl sites for hydroxylation is 2. The minimum atomic E-state index is 0.915. The van der Waals surface area contributed by atoms with E-state index < -0.39 is 0 Å². The van der Waals surface area contributed by atoms with Crippen molar-refractivity contribution in [1.82, 2.24) is 4.98 Å². The molecule has 0 aliphatic rings. The highest BCUT2D eigenvalue weighted by Gasteiger charge is 2.02. The molecule has 0 N–H and O–H groups in total. The molecular formula is C12H21NO. The first-order chi connectivity index (χ1) is 6.86. The third kappa shape index (κ3) is 3.95. The summed E-state index contributed by atoms with van der Waals surface area (Å²) in [5.41, 5.74) is 1.13. The summed E-state index contributed by atoms with van der Waals surface area (Å²) in [6.07, 6.45) is 10.0. The number of nitrogens with zero attached hydrogens (tertiary/aromatic N) is 1. The van der Waals surface area contributed by atoms with Crippen molar-refractivity contribution in [2.24, 2.45) is 0 Å². The highest BCUT2D eigenvalue weighted by molar-refractivity contribution is 4.96. The summed E-state index contributed by atoms with van der Waals surface area (Å²) in [6.45, 7) is 4.40. The van der Waals surface area contributed by atoms with Crippen LogP contribution in [-0.2, 0) is 12.8 Å². The van der Waals surface area contributed by atoms with Crippen LogP contribution in [0.5, 0.6) is 0 Å². The fraction of sp³-hybridized carbons (Fsp3) is 0.750. The molecule has 1 heterocycles. The SMILES string of the molecule is CCCCCc1coc(CCCC)n1. The lowest BCUT2D eigenvalue weighted by atomic mass is 10.2. The van der Waals surface area contributed by atoms with Gasteiger partial charge in [0.25, 0.3) is 0 Å². The summed E-state index contributed by atoms with van der Waals surface area (Å²) >= 11 is 0. The van der Waals surface area contributed by atoms with E-state index in [1.54, 1.807) is 0 Å². The molecule has 0 aliphatic carbocycles. The molecule has 1 aromatic rings. The van der Waals surface area contributed by atoms with E-state index in [0.29, 0.717) is 0 Å². The molecule has 2 nitrogen and oxygen atoms in total. The summed E-state index contributed by atoms with van der Waals surface area (Å²) in [4.78, 5) is 4.45. The highest BCUT2D eigenvalue weighted by Crippen LogP contribution is 2.09. The minimum absolute atomic E-state index is 0.915. The molecule has 0 spiro atoms. The van der Waals surface area contributed by atoms with E-state index in [0.717, 1.165) is 24.4 Å². The van der Waals surface area contributed by atoms with E-state index in [4.69, 9.17) is 4.42 Å². The normalized spacial score (nSPS) is 10.7. The monoisotopic (exact) mass is 195 g/mol. The van der Waals surface area contributed by atoms with Gasteiger partial charge in [0.15, 0.2) is 5.89 Å². The zero-order chi connectivity index (χ0) is 10.2. The van der Waals surface area contributed by atoms with E-state index in [1.165, 1.54) is 32.1 Å². The van der Waals surface area contributed by atoms with Gasteiger partial charge in [-0.1, -0.05) is 33.1 Å². The Labute approximate surface area is 86.7 Å². The minimum Gasteiger partial charge on any atom is -0.449 e. The maximum Gasteiger partial charge on any atom is 0.194 e. The second-order valence-corrected chi connectivity index (χ2v) is 3.79. The third-order valence-electron chi connectivity index (χ3n) is 2.38. The average molecular weight is 195 g/mol. The van der Waals surface area contributed by atoms with Crippen molar-refractivity contribution in [3.8, 4) is 0 Å². The molecule has 14 heavy (non-hydrogen) atoms. The predicted octanol–water partition coefficient (Wildman–Crippen LogP) is 3.75. The van der Waals surface area contributed by atoms with Crippen molar-refractivity contribution in [3.63, 3.8) is 0 Å². The number of hydrogen-bond acceptors (Lipinski definition) is 2. The molecule has 2 heteroatoms. The highest BCUT2D eigenvalue weighted by atomic mass is 16.3. The van der Waals surface area contributed by atoms with Crippen LogP contribution in [0.4, 0.5) is 0 Å². The van der Waals surface area contributed by atoms with Gasteiger partial charge < -0.3 is 4.42 Å². The first kappa shape index (κ1) is 11.3. The molecule has 0 amide bonds. The molecular weight excluding hydrogens is 174 g/mol. The summed E-state index contributed by atoms with van der Waals surface area (Å²) in [5, 5.41) is 0. The summed E-state index contributed by atoms with van der Waals surface area (Å²) in [6, 6.07) is 0. The Kier molecular flexibility index (Phi) is 5.35. The molecule has 1 rings (SSSR count). The van der Waals surface area contributed by atoms with Crippen molar-refractivity contribution in [2.75, 3.05) is 0 Å². The quantitative estimate of drug-likeness (QED) is 0.619. The average Bonchev–Trinajstić information content (AvgIpc) is 2.63. The topological polar surface area (TPSA) is 26.0 Å². The van der Waals surface area contributed by atoms with E-state index in [9.17, 15) is 0 Å². The summed E-state index contributed by atoms with van der Waals surface area (Å²) in [7, 11) is 0. The van der Waals surface area contributed by atoms with E-state index in [1.807, 2.05) is 6.26 Å². The largest absolute Gasteiger partial charge is 0.449 e. The van der Waals surface area contributed by atoms with Gasteiger partial charge in [-0.25, -0.2) is 4.98 Å². The first-order valence-corrected chi connectivity index (χ1v) is 5.80. The summed E-state index contributed by atoms with van der Waals surface area (Å²) < 4.78 is 5.39. The Balaban J connectivity index is 2.27. The van der Waals surface area contributed by atoms with Gasteiger partial charge in [-0.2, -0.15) is 0 Å². The van der Waals surface area contributed by atoms with Crippen LogP contribution in [0.25, 0.3) is 0 Å². The zero-order valence-corrected chi connectivity index (χ0v) is 9.38.